The van der Waals surface area contributed by atoms with Crippen LogP contribution in [0.4, 0.5) is 8.78 Å². The molecule has 1 atom stereocenters. The van der Waals surface area contributed by atoms with Crippen LogP contribution in [0.3, 0.4) is 0 Å². The van der Waals surface area contributed by atoms with E-state index in [1.807, 2.05) is 19.1 Å². The summed E-state index contributed by atoms with van der Waals surface area (Å²) >= 11 is 6.26. The molecular formula is C28H23ClF2N6O3. The largest absolute Gasteiger partial charge is 0.495 e. The van der Waals surface area contributed by atoms with Crippen molar-refractivity contribution < 1.29 is 18.3 Å². The zero-order chi connectivity index (χ0) is 28.4. The number of ketones is 1. The Kier molecular flexibility index (Phi) is 7.65. The second kappa shape index (κ2) is 11.3. The molecule has 5 aromatic rings. The van der Waals surface area contributed by atoms with Gasteiger partial charge in [-0.3, -0.25) is 19.6 Å². The zero-order valence-electron chi connectivity index (χ0n) is 21.5. The molecule has 3 heterocycles. The summed E-state index contributed by atoms with van der Waals surface area (Å²) in [5.74, 6) is 0.123. The number of benzene rings is 2. The quantitative estimate of drug-likeness (QED) is 0.236. The molecule has 0 saturated heterocycles. The van der Waals surface area contributed by atoms with Gasteiger partial charge in [-0.15, -0.1) is 5.10 Å². The van der Waals surface area contributed by atoms with E-state index in [1.165, 1.54) is 28.6 Å². The number of carbonyl (C=O) groups is 1. The molecule has 0 unspecified atom stereocenters. The number of Topliss-reactive ketones (excluding diaryl/α,β-unsaturated/α-hetero) is 1. The highest BCUT2D eigenvalue weighted by Gasteiger charge is 2.24. The van der Waals surface area contributed by atoms with Crippen molar-refractivity contribution in [2.24, 2.45) is 0 Å². The number of rotatable bonds is 9. The van der Waals surface area contributed by atoms with E-state index < -0.39 is 23.7 Å². The maximum atomic E-state index is 13.4. The van der Waals surface area contributed by atoms with E-state index in [0.717, 1.165) is 17.3 Å². The Hall–Kier alpha value is -4.51. The van der Waals surface area contributed by atoms with Crippen LogP contribution in [0.5, 0.6) is 5.75 Å². The van der Waals surface area contributed by atoms with E-state index in [4.69, 9.17) is 16.3 Å². The highest BCUT2D eigenvalue weighted by molar-refractivity contribution is 6.31. The molecule has 0 aliphatic carbocycles. The minimum atomic E-state index is -2.80. The lowest BCUT2D eigenvalue weighted by Crippen LogP contribution is -2.30. The maximum Gasteiger partial charge on any atom is 0.283 e. The number of hydrogen-bond acceptors (Lipinski definition) is 7. The molecular weight excluding hydrogens is 542 g/mol. The normalized spacial score (nSPS) is 12.2. The van der Waals surface area contributed by atoms with Crippen molar-refractivity contribution >= 4 is 28.4 Å². The number of pyridine rings is 1. The van der Waals surface area contributed by atoms with Crippen LogP contribution in [0.25, 0.3) is 27.8 Å². The highest BCUT2D eigenvalue weighted by Crippen LogP contribution is 2.35. The summed E-state index contributed by atoms with van der Waals surface area (Å²) in [5.41, 5.74) is 2.34. The fourth-order valence-corrected chi connectivity index (χ4v) is 4.75. The SMILES string of the molecule is CC[C@@H](C(=O)Cc1ccc2nccnc2c1)n1cc(OC)c(-c2cc(Cl)ccc2-n2cc(C(F)F)nn2)cc1=O. The first-order chi connectivity index (χ1) is 19.3. The first kappa shape index (κ1) is 27.1. The van der Waals surface area contributed by atoms with Crippen LogP contribution in [0, 0.1) is 0 Å². The molecule has 5 rings (SSSR count). The van der Waals surface area contributed by atoms with Crippen molar-refractivity contribution in [1.82, 2.24) is 29.5 Å². The fourth-order valence-electron chi connectivity index (χ4n) is 4.58. The molecule has 0 amide bonds. The van der Waals surface area contributed by atoms with Crippen LogP contribution in [-0.4, -0.2) is 42.4 Å². The predicted molar refractivity (Wildman–Crippen MR) is 145 cm³/mol. The molecule has 3 aromatic heterocycles. The minimum absolute atomic E-state index is 0.0960. The van der Waals surface area contributed by atoms with Gasteiger partial charge in [-0.1, -0.05) is 29.8 Å². The molecule has 12 heteroatoms. The van der Waals surface area contributed by atoms with Crippen molar-refractivity contribution in [1.29, 1.82) is 0 Å². The van der Waals surface area contributed by atoms with Crippen LogP contribution in [0.2, 0.25) is 5.02 Å². The lowest BCUT2D eigenvalue weighted by Gasteiger charge is -2.20. The van der Waals surface area contributed by atoms with Crippen LogP contribution >= 0.6 is 11.6 Å². The van der Waals surface area contributed by atoms with Crippen LogP contribution in [0.15, 0.2) is 72.0 Å². The lowest BCUT2D eigenvalue weighted by molar-refractivity contribution is -0.121. The summed E-state index contributed by atoms with van der Waals surface area (Å²) in [7, 11) is 1.43. The predicted octanol–water partition coefficient (Wildman–Crippen LogP) is 5.40. The van der Waals surface area contributed by atoms with Gasteiger partial charge >= 0.3 is 0 Å². The number of fused-ring (bicyclic) bond motifs is 1. The number of aromatic nitrogens is 6. The second-order valence-corrected chi connectivity index (χ2v) is 9.43. The summed E-state index contributed by atoms with van der Waals surface area (Å²) in [4.78, 5) is 35.3. The summed E-state index contributed by atoms with van der Waals surface area (Å²) in [6.45, 7) is 1.82. The summed E-state index contributed by atoms with van der Waals surface area (Å²) in [6, 6.07) is 10.7. The van der Waals surface area contributed by atoms with E-state index in [-0.39, 0.29) is 18.0 Å². The summed E-state index contributed by atoms with van der Waals surface area (Å²) < 4.78 is 34.4. The molecule has 40 heavy (non-hydrogen) atoms. The number of alkyl halides is 2. The minimum Gasteiger partial charge on any atom is -0.495 e. The Labute approximate surface area is 232 Å². The second-order valence-electron chi connectivity index (χ2n) is 9.00. The van der Waals surface area contributed by atoms with E-state index >= 15 is 0 Å². The average molecular weight is 565 g/mol. The van der Waals surface area contributed by atoms with E-state index in [0.29, 0.717) is 33.8 Å². The van der Waals surface area contributed by atoms with Gasteiger partial charge in [-0.25, -0.2) is 13.5 Å². The molecule has 0 spiro atoms. The molecule has 0 radical (unpaired) electrons. The van der Waals surface area contributed by atoms with E-state index in [1.54, 1.807) is 36.7 Å². The van der Waals surface area contributed by atoms with Crippen molar-refractivity contribution in [3.63, 3.8) is 0 Å². The smallest absolute Gasteiger partial charge is 0.283 e. The molecule has 0 saturated carbocycles. The topological polar surface area (TPSA) is 105 Å². The molecule has 0 aliphatic rings. The standard InChI is InChI=1S/C28H23ClF2N6O3/c1-3-23(25(38)11-16-4-6-20-21(10-16)33-9-8-32-20)36-15-26(40-2)19(13-27(36)39)18-12-17(29)5-7-24(18)37-14-22(28(30)31)34-35-37/h4-10,12-15,23,28H,3,11H2,1-2H3/t23-/m0/s1. The Morgan fingerprint density at radius 2 is 1.80 bits per heavy atom. The third-order valence-electron chi connectivity index (χ3n) is 6.50. The maximum absolute atomic E-state index is 13.4. The zero-order valence-corrected chi connectivity index (χ0v) is 22.2. The van der Waals surface area contributed by atoms with Gasteiger partial charge in [-0.05, 0) is 42.3 Å². The Balaban J connectivity index is 1.52. The molecule has 9 nitrogen and oxygen atoms in total. The van der Waals surface area contributed by atoms with Gasteiger partial charge in [0.05, 0.1) is 42.3 Å². The first-order valence-electron chi connectivity index (χ1n) is 12.3. The molecule has 0 bridgehead atoms. The van der Waals surface area contributed by atoms with Crippen molar-refractivity contribution in [3.05, 3.63) is 93.9 Å². The Bertz CT molecular complexity index is 1770. The van der Waals surface area contributed by atoms with Gasteiger partial charge in [0.15, 0.2) is 5.78 Å². The van der Waals surface area contributed by atoms with Crippen molar-refractivity contribution in [2.45, 2.75) is 32.2 Å². The number of halogens is 3. The highest BCUT2D eigenvalue weighted by atomic mass is 35.5. The van der Waals surface area contributed by atoms with Gasteiger partial charge in [0, 0.05) is 41.0 Å². The van der Waals surface area contributed by atoms with Gasteiger partial charge in [0.1, 0.15) is 11.4 Å². The number of methoxy groups -OCH3 is 1. The summed E-state index contributed by atoms with van der Waals surface area (Å²) in [6.07, 6.45) is 3.44. The van der Waals surface area contributed by atoms with Gasteiger partial charge in [-0.2, -0.15) is 0 Å². The fraction of sp³-hybridized carbons (Fsp3) is 0.214. The van der Waals surface area contributed by atoms with Gasteiger partial charge < -0.3 is 9.30 Å². The lowest BCUT2D eigenvalue weighted by atomic mass is 10.00. The van der Waals surface area contributed by atoms with Gasteiger partial charge in [0.2, 0.25) is 0 Å². The summed E-state index contributed by atoms with van der Waals surface area (Å²) in [5, 5.41) is 7.67. The number of nitrogens with zero attached hydrogens (tertiary/aromatic N) is 6. The Morgan fingerprint density at radius 3 is 2.50 bits per heavy atom. The number of carbonyl (C=O) groups excluding carboxylic acids is 1. The first-order valence-corrected chi connectivity index (χ1v) is 12.7. The van der Waals surface area contributed by atoms with E-state index in [2.05, 4.69) is 20.3 Å². The number of hydrogen-bond donors (Lipinski definition) is 0. The van der Waals surface area contributed by atoms with E-state index in [9.17, 15) is 18.4 Å². The molecule has 0 N–H and O–H groups in total. The van der Waals surface area contributed by atoms with Crippen LogP contribution < -0.4 is 10.3 Å². The average Bonchev–Trinajstić information content (AvgIpc) is 3.44. The molecule has 2 aromatic carbocycles. The number of ether oxygens (including phenoxy) is 1. The van der Waals surface area contributed by atoms with Crippen LogP contribution in [-0.2, 0) is 11.2 Å². The van der Waals surface area contributed by atoms with Gasteiger partial charge in [0.25, 0.3) is 12.0 Å². The monoisotopic (exact) mass is 564 g/mol. The third-order valence-corrected chi connectivity index (χ3v) is 6.74. The molecule has 0 fully saturated rings. The third kappa shape index (κ3) is 5.32. The molecule has 0 aliphatic heterocycles. The van der Waals surface area contributed by atoms with Crippen LogP contribution in [0.1, 0.15) is 37.1 Å². The Morgan fingerprint density at radius 1 is 1.02 bits per heavy atom. The molecule has 204 valence electrons. The van der Waals surface area contributed by atoms with Crippen molar-refractivity contribution in [3.8, 4) is 22.6 Å². The van der Waals surface area contributed by atoms with Crippen molar-refractivity contribution in [2.75, 3.05) is 7.11 Å².